The van der Waals surface area contributed by atoms with Gasteiger partial charge in [-0.15, -0.1) is 0 Å². The van der Waals surface area contributed by atoms with Crippen molar-refractivity contribution in [2.75, 3.05) is 26.2 Å². The molecule has 33 heavy (non-hydrogen) atoms. The van der Waals surface area contributed by atoms with Crippen LogP contribution in [-0.4, -0.2) is 60.1 Å². The second-order valence-electron chi connectivity index (χ2n) is 11.1. The summed E-state index contributed by atoms with van der Waals surface area (Å²) in [6.07, 6.45) is 5.12. The number of hydrogen-bond donors (Lipinski definition) is 2. The Bertz CT molecular complexity index is 870. The van der Waals surface area contributed by atoms with Crippen molar-refractivity contribution in [3.8, 4) is 0 Å². The molecular weight excluding hydrogens is 440 g/mol. The molecule has 3 fully saturated rings. The van der Waals surface area contributed by atoms with Crippen LogP contribution in [0.3, 0.4) is 0 Å². The van der Waals surface area contributed by atoms with Crippen LogP contribution < -0.4 is 5.32 Å². The molecule has 4 rings (SSSR count). The molecule has 1 spiro atoms. The molecule has 2 saturated heterocycles. The van der Waals surface area contributed by atoms with E-state index in [0.717, 1.165) is 44.1 Å². The van der Waals surface area contributed by atoms with Crippen LogP contribution in [0.4, 0.5) is 0 Å². The molecule has 7 heteroatoms. The highest BCUT2D eigenvalue weighted by molar-refractivity contribution is 6.30. The summed E-state index contributed by atoms with van der Waals surface area (Å²) in [4.78, 5) is 27.0. The first-order valence-corrected chi connectivity index (χ1v) is 12.6. The van der Waals surface area contributed by atoms with Gasteiger partial charge in [-0.3, -0.25) is 4.79 Å². The second kappa shape index (κ2) is 9.29. The number of likely N-dealkylation sites (tertiary alicyclic amines) is 1. The first-order valence-electron chi connectivity index (χ1n) is 12.2. The van der Waals surface area contributed by atoms with Crippen molar-refractivity contribution < 1.29 is 19.4 Å². The Labute approximate surface area is 202 Å². The van der Waals surface area contributed by atoms with Gasteiger partial charge in [0.15, 0.2) is 0 Å². The van der Waals surface area contributed by atoms with Crippen molar-refractivity contribution >= 4 is 23.8 Å². The maximum Gasteiger partial charge on any atom is 0.223 e. The van der Waals surface area contributed by atoms with E-state index in [2.05, 4.69) is 24.1 Å². The van der Waals surface area contributed by atoms with E-state index in [0.29, 0.717) is 31.1 Å². The highest BCUT2D eigenvalue weighted by Crippen LogP contribution is 2.47. The van der Waals surface area contributed by atoms with E-state index < -0.39 is 11.0 Å². The van der Waals surface area contributed by atoms with Crippen LogP contribution in [0.15, 0.2) is 24.3 Å². The Morgan fingerprint density at radius 2 is 2.00 bits per heavy atom. The highest BCUT2D eigenvalue weighted by atomic mass is 35.5. The van der Waals surface area contributed by atoms with Crippen molar-refractivity contribution in [1.29, 1.82) is 0 Å². The molecule has 1 aromatic rings. The number of benzene rings is 1. The summed E-state index contributed by atoms with van der Waals surface area (Å²) in [7, 11) is 0. The van der Waals surface area contributed by atoms with Gasteiger partial charge in [0.2, 0.25) is 5.91 Å². The lowest BCUT2D eigenvalue weighted by Gasteiger charge is -2.51. The number of piperidine rings is 1. The maximum atomic E-state index is 13.0. The van der Waals surface area contributed by atoms with E-state index in [9.17, 15) is 14.7 Å². The summed E-state index contributed by atoms with van der Waals surface area (Å²) in [5.74, 6) is -0.293. The fourth-order valence-corrected chi connectivity index (χ4v) is 6.05. The van der Waals surface area contributed by atoms with Crippen molar-refractivity contribution in [1.82, 2.24) is 10.2 Å². The average molecular weight is 477 g/mol. The van der Waals surface area contributed by atoms with Crippen molar-refractivity contribution in [3.05, 3.63) is 34.9 Å². The number of carbonyl (C=O) groups is 2. The van der Waals surface area contributed by atoms with Gasteiger partial charge >= 0.3 is 0 Å². The highest BCUT2D eigenvalue weighted by Gasteiger charge is 2.50. The van der Waals surface area contributed by atoms with E-state index in [1.54, 1.807) is 0 Å². The summed E-state index contributed by atoms with van der Waals surface area (Å²) in [6, 6.07) is 7.17. The molecule has 1 amide bonds. The molecule has 5 atom stereocenters. The van der Waals surface area contributed by atoms with Crippen LogP contribution in [-0.2, 0) is 19.9 Å². The molecule has 6 nitrogen and oxygen atoms in total. The number of carbonyl (C=O) groups excluding carboxylic acids is 2. The molecule has 0 radical (unpaired) electrons. The summed E-state index contributed by atoms with van der Waals surface area (Å²) in [6.45, 7) is 8.72. The van der Waals surface area contributed by atoms with Crippen LogP contribution in [0.1, 0.15) is 58.4 Å². The van der Waals surface area contributed by atoms with Crippen LogP contribution >= 0.6 is 11.6 Å². The standard InChI is InChI=1S/C26H37ClN2O4/c1-18(16-30)22(28-23(31)19-8-9-25(14-19)11-13-33-25)15-29-12-10-26(32,24(2,3)17-29)20-4-6-21(27)7-5-20/h4-7,16,18-19,22,32H,8-15,17H2,1-3H3,(H,28,31)/t18-,19?,22?,25?,26-/m0/s1. The minimum absolute atomic E-state index is 0.0370. The van der Waals surface area contributed by atoms with E-state index in [-0.39, 0.29) is 29.4 Å². The smallest absolute Gasteiger partial charge is 0.223 e. The monoisotopic (exact) mass is 476 g/mol. The molecule has 1 saturated carbocycles. The molecule has 1 aromatic carbocycles. The third-order valence-electron chi connectivity index (χ3n) is 8.39. The lowest BCUT2D eigenvalue weighted by atomic mass is 9.66. The largest absolute Gasteiger partial charge is 0.385 e. The van der Waals surface area contributed by atoms with Gasteiger partial charge < -0.3 is 24.9 Å². The van der Waals surface area contributed by atoms with Crippen LogP contribution in [0.25, 0.3) is 0 Å². The van der Waals surface area contributed by atoms with Crippen molar-refractivity contribution in [2.24, 2.45) is 17.3 Å². The molecule has 3 unspecified atom stereocenters. The molecule has 3 aliphatic rings. The number of nitrogens with one attached hydrogen (secondary N) is 1. The molecule has 2 aliphatic heterocycles. The predicted octanol–water partition coefficient (Wildman–Crippen LogP) is 3.54. The van der Waals surface area contributed by atoms with Gasteiger partial charge in [-0.1, -0.05) is 44.5 Å². The van der Waals surface area contributed by atoms with E-state index >= 15 is 0 Å². The Balaban J connectivity index is 1.40. The average Bonchev–Trinajstić information content (AvgIpc) is 3.22. The van der Waals surface area contributed by atoms with E-state index in [4.69, 9.17) is 16.3 Å². The van der Waals surface area contributed by atoms with Gasteiger partial charge in [0.05, 0.1) is 23.9 Å². The number of rotatable bonds is 7. The molecule has 2 N–H and O–H groups in total. The zero-order valence-electron chi connectivity index (χ0n) is 20.0. The zero-order valence-corrected chi connectivity index (χ0v) is 20.7. The molecule has 0 bridgehead atoms. The SMILES string of the molecule is C[C@@H](C=O)C(CN1CC[C@](O)(c2ccc(Cl)cc2)C(C)(C)C1)NC(=O)C1CCC2(CCO2)C1. The third-order valence-corrected chi connectivity index (χ3v) is 8.64. The molecule has 182 valence electrons. The minimum Gasteiger partial charge on any atom is -0.385 e. The van der Waals surface area contributed by atoms with E-state index in [1.807, 2.05) is 31.2 Å². The molecular formula is C26H37ClN2O4. The van der Waals surface area contributed by atoms with Gasteiger partial charge in [0.1, 0.15) is 6.29 Å². The number of amides is 1. The van der Waals surface area contributed by atoms with Gasteiger partial charge in [0.25, 0.3) is 0 Å². The Morgan fingerprint density at radius 3 is 2.55 bits per heavy atom. The lowest BCUT2D eigenvalue weighted by molar-refractivity contribution is -0.147. The predicted molar refractivity (Wildman–Crippen MR) is 128 cm³/mol. The van der Waals surface area contributed by atoms with Crippen LogP contribution in [0.2, 0.25) is 5.02 Å². The number of aldehydes is 1. The number of aliphatic hydroxyl groups is 1. The normalized spacial score (nSPS) is 33.3. The quantitative estimate of drug-likeness (QED) is 0.588. The molecule has 2 heterocycles. The number of hydrogen-bond acceptors (Lipinski definition) is 5. The van der Waals surface area contributed by atoms with Crippen LogP contribution in [0.5, 0.6) is 0 Å². The van der Waals surface area contributed by atoms with Crippen molar-refractivity contribution in [2.45, 2.75) is 70.1 Å². The number of halogens is 1. The fourth-order valence-electron chi connectivity index (χ4n) is 5.92. The topological polar surface area (TPSA) is 78.9 Å². The lowest BCUT2D eigenvalue weighted by Crippen LogP contribution is -2.58. The van der Waals surface area contributed by atoms with E-state index in [1.165, 1.54) is 0 Å². The second-order valence-corrected chi connectivity index (χ2v) is 11.5. The Kier molecular flexibility index (Phi) is 6.94. The van der Waals surface area contributed by atoms with Gasteiger partial charge in [0, 0.05) is 41.9 Å². The van der Waals surface area contributed by atoms with Crippen LogP contribution in [0, 0.1) is 17.3 Å². The Morgan fingerprint density at radius 1 is 1.30 bits per heavy atom. The zero-order chi connectivity index (χ0) is 23.9. The Hall–Kier alpha value is -1.47. The third kappa shape index (κ3) is 4.86. The number of nitrogens with zero attached hydrogens (tertiary/aromatic N) is 1. The first kappa shape index (κ1) is 24.6. The van der Waals surface area contributed by atoms with Gasteiger partial charge in [-0.25, -0.2) is 0 Å². The number of ether oxygens (including phenoxy) is 1. The minimum atomic E-state index is -0.968. The summed E-state index contributed by atoms with van der Waals surface area (Å²) < 4.78 is 5.76. The maximum absolute atomic E-state index is 13.0. The summed E-state index contributed by atoms with van der Waals surface area (Å²) in [5, 5.41) is 15.5. The fraction of sp³-hybridized carbons (Fsp3) is 0.692. The molecule has 0 aromatic heterocycles. The first-order chi connectivity index (χ1) is 15.6. The van der Waals surface area contributed by atoms with Gasteiger partial charge in [-0.05, 0) is 49.8 Å². The summed E-state index contributed by atoms with van der Waals surface area (Å²) >= 11 is 6.05. The van der Waals surface area contributed by atoms with Gasteiger partial charge in [-0.2, -0.15) is 0 Å². The molecule has 1 aliphatic carbocycles. The van der Waals surface area contributed by atoms with Crippen molar-refractivity contribution in [3.63, 3.8) is 0 Å². The summed E-state index contributed by atoms with van der Waals surface area (Å²) in [5.41, 5.74) is -0.589.